The van der Waals surface area contributed by atoms with Crippen molar-refractivity contribution in [2.45, 2.75) is 83.0 Å². The van der Waals surface area contributed by atoms with Gasteiger partial charge in [-0.25, -0.2) is 4.79 Å². The Morgan fingerprint density at radius 1 is 1.06 bits per heavy atom. The molecule has 180 valence electrons. The van der Waals surface area contributed by atoms with Crippen LogP contribution in [0.25, 0.3) is 0 Å². The molecule has 0 bridgehead atoms. The third-order valence-electron chi connectivity index (χ3n) is 6.25. The number of carbonyl (C=O) groups excluding carboxylic acids is 3. The third kappa shape index (κ3) is 6.65. The van der Waals surface area contributed by atoms with Crippen LogP contribution in [-0.4, -0.2) is 82.0 Å². The molecule has 2 aliphatic heterocycles. The molecule has 0 aliphatic carbocycles. The number of nitrogens with one attached hydrogen (secondary N) is 3. The lowest BCUT2D eigenvalue weighted by atomic mass is 9.98. The second-order valence-corrected chi connectivity index (χ2v) is 8.54. The lowest BCUT2D eigenvalue weighted by Gasteiger charge is -2.30. The molecule has 3 amide bonds. The van der Waals surface area contributed by atoms with E-state index in [-0.39, 0.29) is 31.2 Å². The number of likely N-dealkylation sites (tertiary alicyclic amines) is 1. The Bertz CT molecular complexity index is 723. The summed E-state index contributed by atoms with van der Waals surface area (Å²) in [7, 11) is 0. The zero-order chi connectivity index (χ0) is 23.8. The summed E-state index contributed by atoms with van der Waals surface area (Å²) in [5.41, 5.74) is 0. The van der Waals surface area contributed by atoms with Crippen LogP contribution in [0.4, 0.5) is 0 Å². The SMILES string of the molecule is CCC(C)C(NC(=O)C1CCCN1C(=O)C(CCC(=O)O)NC(=O)C1CCCN1)C(=O)O. The zero-order valence-electron chi connectivity index (χ0n) is 18.6. The van der Waals surface area contributed by atoms with Gasteiger partial charge in [0.05, 0.1) is 6.04 Å². The molecule has 5 N–H and O–H groups in total. The van der Waals surface area contributed by atoms with E-state index < -0.39 is 47.9 Å². The van der Waals surface area contributed by atoms with Gasteiger partial charge in [0, 0.05) is 13.0 Å². The first-order chi connectivity index (χ1) is 15.1. The average molecular weight is 455 g/mol. The van der Waals surface area contributed by atoms with Crippen LogP contribution < -0.4 is 16.0 Å². The number of amides is 3. The summed E-state index contributed by atoms with van der Waals surface area (Å²) in [5.74, 6) is -3.96. The van der Waals surface area contributed by atoms with Gasteiger partial charge in [0.2, 0.25) is 17.7 Å². The van der Waals surface area contributed by atoms with E-state index in [0.717, 1.165) is 6.42 Å². The Balaban J connectivity index is 2.11. The monoisotopic (exact) mass is 454 g/mol. The minimum absolute atomic E-state index is 0.0952. The summed E-state index contributed by atoms with van der Waals surface area (Å²) in [4.78, 5) is 62.6. The smallest absolute Gasteiger partial charge is 0.326 e. The molecule has 2 aliphatic rings. The van der Waals surface area contributed by atoms with Crippen molar-refractivity contribution in [2.24, 2.45) is 5.92 Å². The van der Waals surface area contributed by atoms with Crippen molar-refractivity contribution in [3.63, 3.8) is 0 Å². The molecule has 5 unspecified atom stereocenters. The molecule has 2 fully saturated rings. The molecule has 32 heavy (non-hydrogen) atoms. The van der Waals surface area contributed by atoms with Gasteiger partial charge in [-0.3, -0.25) is 19.2 Å². The lowest BCUT2D eigenvalue weighted by Crippen LogP contribution is -2.57. The van der Waals surface area contributed by atoms with Gasteiger partial charge in [-0.1, -0.05) is 20.3 Å². The molecule has 5 atom stereocenters. The van der Waals surface area contributed by atoms with Crippen LogP contribution in [0.5, 0.6) is 0 Å². The highest BCUT2D eigenvalue weighted by Gasteiger charge is 2.40. The molecular weight excluding hydrogens is 420 g/mol. The van der Waals surface area contributed by atoms with Crippen LogP contribution in [0.3, 0.4) is 0 Å². The average Bonchev–Trinajstić information content (AvgIpc) is 3.45. The number of carboxylic acid groups (broad SMARTS) is 2. The molecule has 11 nitrogen and oxygen atoms in total. The number of hydrogen-bond donors (Lipinski definition) is 5. The minimum Gasteiger partial charge on any atom is -0.481 e. The first-order valence-electron chi connectivity index (χ1n) is 11.2. The molecule has 0 aromatic carbocycles. The van der Waals surface area contributed by atoms with Crippen LogP contribution in [0.15, 0.2) is 0 Å². The number of hydrogen-bond acceptors (Lipinski definition) is 6. The highest BCUT2D eigenvalue weighted by molar-refractivity contribution is 5.94. The first-order valence-corrected chi connectivity index (χ1v) is 11.2. The summed E-state index contributed by atoms with van der Waals surface area (Å²) in [6.07, 6.45) is 2.54. The summed E-state index contributed by atoms with van der Waals surface area (Å²) in [6, 6.07) is -3.43. The molecule has 0 radical (unpaired) electrons. The Hall–Kier alpha value is -2.69. The van der Waals surface area contributed by atoms with Gasteiger partial charge in [-0.15, -0.1) is 0 Å². The fourth-order valence-corrected chi connectivity index (χ4v) is 4.14. The van der Waals surface area contributed by atoms with E-state index in [2.05, 4.69) is 16.0 Å². The van der Waals surface area contributed by atoms with Gasteiger partial charge >= 0.3 is 11.9 Å². The zero-order valence-corrected chi connectivity index (χ0v) is 18.6. The van der Waals surface area contributed by atoms with E-state index in [1.165, 1.54) is 4.90 Å². The van der Waals surface area contributed by atoms with E-state index in [0.29, 0.717) is 32.2 Å². The van der Waals surface area contributed by atoms with Crippen molar-refractivity contribution in [2.75, 3.05) is 13.1 Å². The summed E-state index contributed by atoms with van der Waals surface area (Å²) in [5, 5.41) is 26.7. The Morgan fingerprint density at radius 2 is 1.78 bits per heavy atom. The topological polar surface area (TPSA) is 165 Å². The van der Waals surface area contributed by atoms with E-state index in [1.807, 2.05) is 6.92 Å². The summed E-state index contributed by atoms with van der Waals surface area (Å²) < 4.78 is 0. The number of aliphatic carboxylic acids is 2. The molecule has 0 spiro atoms. The number of rotatable bonds is 11. The summed E-state index contributed by atoms with van der Waals surface area (Å²) in [6.45, 7) is 4.53. The van der Waals surface area contributed by atoms with Gasteiger partial charge in [0.25, 0.3) is 0 Å². The second-order valence-electron chi connectivity index (χ2n) is 8.54. The minimum atomic E-state index is -1.14. The molecule has 2 heterocycles. The fraction of sp³-hybridized carbons (Fsp3) is 0.762. The highest BCUT2D eigenvalue weighted by atomic mass is 16.4. The van der Waals surface area contributed by atoms with Crippen LogP contribution in [0.2, 0.25) is 0 Å². The number of nitrogens with zero attached hydrogens (tertiary/aromatic N) is 1. The van der Waals surface area contributed by atoms with Gasteiger partial charge in [-0.05, 0) is 44.6 Å². The van der Waals surface area contributed by atoms with Gasteiger partial charge in [0.15, 0.2) is 0 Å². The van der Waals surface area contributed by atoms with Crippen molar-refractivity contribution in [1.82, 2.24) is 20.9 Å². The second kappa shape index (κ2) is 11.8. The normalized spacial score (nSPS) is 23.2. The van der Waals surface area contributed by atoms with E-state index in [1.54, 1.807) is 6.92 Å². The predicted octanol–water partition coefficient (Wildman–Crippen LogP) is -0.305. The molecule has 0 aromatic heterocycles. The van der Waals surface area contributed by atoms with E-state index in [9.17, 15) is 29.1 Å². The molecular formula is C21H34N4O7. The predicted molar refractivity (Wildman–Crippen MR) is 114 cm³/mol. The quantitative estimate of drug-likeness (QED) is 0.284. The largest absolute Gasteiger partial charge is 0.481 e. The van der Waals surface area contributed by atoms with Gasteiger partial charge in [-0.2, -0.15) is 0 Å². The van der Waals surface area contributed by atoms with Gasteiger partial charge in [0.1, 0.15) is 18.1 Å². The Labute approximate surface area is 187 Å². The Morgan fingerprint density at radius 3 is 2.34 bits per heavy atom. The number of carboxylic acids is 2. The van der Waals surface area contributed by atoms with Crippen molar-refractivity contribution in [1.29, 1.82) is 0 Å². The molecule has 0 aromatic rings. The van der Waals surface area contributed by atoms with Crippen LogP contribution in [0, 0.1) is 5.92 Å². The van der Waals surface area contributed by atoms with Gasteiger partial charge < -0.3 is 31.1 Å². The van der Waals surface area contributed by atoms with Crippen molar-refractivity contribution in [3.05, 3.63) is 0 Å². The van der Waals surface area contributed by atoms with E-state index >= 15 is 0 Å². The van der Waals surface area contributed by atoms with Crippen LogP contribution in [-0.2, 0) is 24.0 Å². The maximum Gasteiger partial charge on any atom is 0.326 e. The maximum atomic E-state index is 13.2. The molecule has 11 heteroatoms. The molecule has 2 rings (SSSR count). The standard InChI is InChI=1S/C21H34N4O7/c1-3-12(2)17(21(31)32)24-19(29)15-7-5-11-25(15)20(30)14(8-9-16(26)27)23-18(28)13-6-4-10-22-13/h12-15,17,22H,3-11H2,1-2H3,(H,23,28)(H,24,29)(H,26,27)(H,31,32). The van der Waals surface area contributed by atoms with E-state index in [4.69, 9.17) is 5.11 Å². The molecule has 0 saturated carbocycles. The summed E-state index contributed by atoms with van der Waals surface area (Å²) >= 11 is 0. The van der Waals surface area contributed by atoms with Crippen molar-refractivity contribution < 1.29 is 34.2 Å². The van der Waals surface area contributed by atoms with Crippen molar-refractivity contribution >= 4 is 29.7 Å². The maximum absolute atomic E-state index is 13.2. The number of carbonyl (C=O) groups is 5. The lowest BCUT2D eigenvalue weighted by molar-refractivity contribution is -0.146. The van der Waals surface area contributed by atoms with Crippen LogP contribution >= 0.6 is 0 Å². The van der Waals surface area contributed by atoms with Crippen LogP contribution in [0.1, 0.15) is 58.8 Å². The highest BCUT2D eigenvalue weighted by Crippen LogP contribution is 2.21. The molecule has 2 saturated heterocycles. The fourth-order valence-electron chi connectivity index (χ4n) is 4.14. The Kier molecular flexibility index (Phi) is 9.42. The first kappa shape index (κ1) is 25.6. The van der Waals surface area contributed by atoms with Crippen molar-refractivity contribution in [3.8, 4) is 0 Å². The third-order valence-corrected chi connectivity index (χ3v) is 6.25.